The van der Waals surface area contributed by atoms with Gasteiger partial charge in [-0.05, 0) is 37.3 Å². The van der Waals surface area contributed by atoms with Gasteiger partial charge in [-0.3, -0.25) is 14.9 Å². The number of aliphatic carboxylic acids is 1. The van der Waals surface area contributed by atoms with Crippen LogP contribution in [0.1, 0.15) is 44.2 Å². The molecule has 0 radical (unpaired) electrons. The molecule has 1 aliphatic heterocycles. The number of likely N-dealkylation sites (tertiary alicyclic amines) is 1. The molecule has 5 nitrogen and oxygen atoms in total. The second-order valence-corrected chi connectivity index (χ2v) is 6.97. The highest BCUT2D eigenvalue weighted by molar-refractivity contribution is 5.79. The minimum atomic E-state index is -0.871. The highest BCUT2D eigenvalue weighted by Gasteiger charge is 2.35. The summed E-state index contributed by atoms with van der Waals surface area (Å²) >= 11 is 0. The summed E-state index contributed by atoms with van der Waals surface area (Å²) in [5.74, 6) is -0.763. The number of carbonyl (C=O) groups is 2. The predicted molar refractivity (Wildman–Crippen MR) is 94.0 cm³/mol. The molecule has 0 aliphatic carbocycles. The fourth-order valence-electron chi connectivity index (χ4n) is 3.10. The van der Waals surface area contributed by atoms with Crippen LogP contribution in [0.15, 0.2) is 24.3 Å². The molecule has 2 rings (SSSR count). The van der Waals surface area contributed by atoms with E-state index in [9.17, 15) is 9.59 Å². The van der Waals surface area contributed by atoms with Crippen LogP contribution in [0.3, 0.4) is 0 Å². The molecule has 1 fully saturated rings. The van der Waals surface area contributed by atoms with Crippen LogP contribution in [0.4, 0.5) is 0 Å². The summed E-state index contributed by atoms with van der Waals surface area (Å²) in [6.07, 6.45) is 4.65. The number of nitrogens with one attached hydrogen (secondary N) is 1. The summed E-state index contributed by atoms with van der Waals surface area (Å²) in [6, 6.07) is 8.31. The van der Waals surface area contributed by atoms with Crippen LogP contribution in [0.2, 0.25) is 0 Å². The van der Waals surface area contributed by atoms with Crippen molar-refractivity contribution in [3.05, 3.63) is 35.4 Å². The van der Waals surface area contributed by atoms with Gasteiger partial charge >= 0.3 is 5.97 Å². The van der Waals surface area contributed by atoms with Crippen molar-refractivity contribution < 1.29 is 14.7 Å². The number of rotatable bonds is 8. The molecule has 24 heavy (non-hydrogen) atoms. The third-order valence-electron chi connectivity index (χ3n) is 4.69. The van der Waals surface area contributed by atoms with Crippen LogP contribution in [0.5, 0.6) is 0 Å². The highest BCUT2D eigenvalue weighted by Crippen LogP contribution is 2.21. The molecular formula is C19H28N2O3. The molecule has 1 atom stereocenters. The third-order valence-corrected chi connectivity index (χ3v) is 4.69. The van der Waals surface area contributed by atoms with Crippen molar-refractivity contribution >= 4 is 11.9 Å². The summed E-state index contributed by atoms with van der Waals surface area (Å²) < 4.78 is 0. The average molecular weight is 332 g/mol. The Labute approximate surface area is 144 Å². The van der Waals surface area contributed by atoms with Crippen LogP contribution in [0, 0.1) is 0 Å². The molecule has 1 heterocycles. The molecule has 0 unspecified atom stereocenters. The van der Waals surface area contributed by atoms with Gasteiger partial charge in [-0.1, -0.05) is 37.6 Å². The van der Waals surface area contributed by atoms with Crippen LogP contribution >= 0.6 is 0 Å². The maximum atomic E-state index is 12.5. The molecule has 1 aliphatic rings. The Balaban J connectivity index is 1.85. The number of aryl methyl sites for hydroxylation is 1. The number of carbonyl (C=O) groups excluding carboxylic acids is 1. The first-order valence-corrected chi connectivity index (χ1v) is 8.74. The molecule has 2 N–H and O–H groups in total. The summed E-state index contributed by atoms with van der Waals surface area (Å²) in [5.41, 5.74) is 2.05. The number of carboxylic acids is 1. The SMILES string of the molecule is CCCCc1ccc(CC(=O)N2CC[C@@](C)(NCC(=O)O)C2)cc1. The van der Waals surface area contributed by atoms with E-state index in [2.05, 4.69) is 24.4 Å². The Morgan fingerprint density at radius 1 is 1.25 bits per heavy atom. The van der Waals surface area contributed by atoms with Crippen LogP contribution in [0.25, 0.3) is 0 Å². The zero-order valence-corrected chi connectivity index (χ0v) is 14.7. The fourth-order valence-corrected chi connectivity index (χ4v) is 3.10. The van der Waals surface area contributed by atoms with E-state index in [1.165, 1.54) is 18.4 Å². The normalized spacial score (nSPS) is 20.3. The van der Waals surface area contributed by atoms with Crippen molar-refractivity contribution in [3.63, 3.8) is 0 Å². The first-order chi connectivity index (χ1) is 11.4. The number of unbranched alkanes of at least 4 members (excludes halogenated alkanes) is 1. The lowest BCUT2D eigenvalue weighted by Crippen LogP contribution is -2.47. The molecule has 1 aromatic carbocycles. The number of nitrogens with zero attached hydrogens (tertiary/aromatic N) is 1. The molecule has 0 aromatic heterocycles. The fraction of sp³-hybridized carbons (Fsp3) is 0.579. The lowest BCUT2D eigenvalue weighted by molar-refractivity contribution is -0.136. The quantitative estimate of drug-likeness (QED) is 0.766. The van der Waals surface area contributed by atoms with Crippen LogP contribution in [-0.4, -0.2) is 47.1 Å². The molecule has 1 amide bonds. The zero-order chi connectivity index (χ0) is 17.6. The summed E-state index contributed by atoms with van der Waals surface area (Å²) in [4.78, 5) is 25.0. The van der Waals surface area contributed by atoms with Crippen molar-refractivity contribution in [3.8, 4) is 0 Å². The van der Waals surface area contributed by atoms with E-state index >= 15 is 0 Å². The molecule has 5 heteroatoms. The zero-order valence-electron chi connectivity index (χ0n) is 14.7. The standard InChI is InChI=1S/C19H28N2O3/c1-3-4-5-15-6-8-16(9-7-15)12-17(22)21-11-10-19(2,14-21)20-13-18(23)24/h6-9,20H,3-5,10-14H2,1-2H3,(H,23,24)/t19-/m1/s1. The van der Waals surface area contributed by atoms with Gasteiger partial charge in [-0.2, -0.15) is 0 Å². The molecule has 132 valence electrons. The van der Waals surface area contributed by atoms with Gasteiger partial charge in [0.2, 0.25) is 5.91 Å². The number of carboxylic acid groups (broad SMARTS) is 1. The van der Waals surface area contributed by atoms with Crippen molar-refractivity contribution in [1.29, 1.82) is 0 Å². The maximum Gasteiger partial charge on any atom is 0.317 e. The molecule has 0 bridgehead atoms. The van der Waals surface area contributed by atoms with E-state index in [-0.39, 0.29) is 18.0 Å². The number of amides is 1. The lowest BCUT2D eigenvalue weighted by atomic mass is 10.0. The molecule has 0 spiro atoms. The number of benzene rings is 1. The second kappa shape index (κ2) is 8.29. The average Bonchev–Trinajstić information content (AvgIpc) is 2.95. The van der Waals surface area contributed by atoms with E-state index in [4.69, 9.17) is 5.11 Å². The minimum Gasteiger partial charge on any atom is -0.480 e. The first-order valence-electron chi connectivity index (χ1n) is 8.74. The van der Waals surface area contributed by atoms with Gasteiger partial charge in [0, 0.05) is 18.6 Å². The van der Waals surface area contributed by atoms with Crippen molar-refractivity contribution in [2.75, 3.05) is 19.6 Å². The topological polar surface area (TPSA) is 69.6 Å². The van der Waals surface area contributed by atoms with Gasteiger partial charge in [-0.15, -0.1) is 0 Å². The van der Waals surface area contributed by atoms with Gasteiger partial charge in [0.15, 0.2) is 0 Å². The number of hydrogen-bond donors (Lipinski definition) is 2. The minimum absolute atomic E-state index is 0.0717. The Bertz CT molecular complexity index is 570. The predicted octanol–water partition coefficient (Wildman–Crippen LogP) is 2.24. The Hall–Kier alpha value is -1.88. The second-order valence-electron chi connectivity index (χ2n) is 6.97. The third kappa shape index (κ3) is 5.34. The molecule has 1 aromatic rings. The molecule has 1 saturated heterocycles. The summed E-state index contributed by atoms with van der Waals surface area (Å²) in [6.45, 7) is 5.33. The van der Waals surface area contributed by atoms with Crippen LogP contribution in [-0.2, 0) is 22.4 Å². The lowest BCUT2D eigenvalue weighted by Gasteiger charge is -2.25. The Kier molecular flexibility index (Phi) is 6.37. The monoisotopic (exact) mass is 332 g/mol. The first kappa shape index (κ1) is 18.5. The van der Waals surface area contributed by atoms with E-state index in [0.717, 1.165) is 18.4 Å². The molecular weight excluding hydrogens is 304 g/mol. The van der Waals surface area contributed by atoms with E-state index in [1.54, 1.807) is 0 Å². The van der Waals surface area contributed by atoms with Gasteiger partial charge < -0.3 is 10.0 Å². The number of hydrogen-bond acceptors (Lipinski definition) is 3. The van der Waals surface area contributed by atoms with Gasteiger partial charge in [0.25, 0.3) is 0 Å². The molecule has 0 saturated carbocycles. The van der Waals surface area contributed by atoms with Crippen LogP contribution < -0.4 is 5.32 Å². The van der Waals surface area contributed by atoms with Gasteiger partial charge in [0.05, 0.1) is 13.0 Å². The van der Waals surface area contributed by atoms with E-state index in [1.807, 2.05) is 24.0 Å². The van der Waals surface area contributed by atoms with Crippen molar-refractivity contribution in [1.82, 2.24) is 10.2 Å². The summed E-state index contributed by atoms with van der Waals surface area (Å²) in [5, 5.41) is 11.8. The largest absolute Gasteiger partial charge is 0.480 e. The summed E-state index contributed by atoms with van der Waals surface area (Å²) in [7, 11) is 0. The Morgan fingerprint density at radius 2 is 1.92 bits per heavy atom. The van der Waals surface area contributed by atoms with E-state index < -0.39 is 5.97 Å². The van der Waals surface area contributed by atoms with Crippen molar-refractivity contribution in [2.24, 2.45) is 0 Å². The highest BCUT2D eigenvalue weighted by atomic mass is 16.4. The van der Waals surface area contributed by atoms with E-state index in [0.29, 0.717) is 19.5 Å². The maximum absolute atomic E-state index is 12.5. The van der Waals surface area contributed by atoms with Gasteiger partial charge in [-0.25, -0.2) is 0 Å². The van der Waals surface area contributed by atoms with Crippen molar-refractivity contribution in [2.45, 2.75) is 51.5 Å². The van der Waals surface area contributed by atoms with Gasteiger partial charge in [0.1, 0.15) is 0 Å². The smallest absolute Gasteiger partial charge is 0.317 e. The Morgan fingerprint density at radius 3 is 2.54 bits per heavy atom.